The third kappa shape index (κ3) is 5.90. The van der Waals surface area contributed by atoms with E-state index in [1.807, 2.05) is 18.4 Å². The molecular weight excluding hydrogens is 477 g/mol. The van der Waals surface area contributed by atoms with Crippen molar-refractivity contribution in [2.75, 3.05) is 33.2 Å². The summed E-state index contributed by atoms with van der Waals surface area (Å²) in [6.07, 6.45) is 2.12. The predicted molar refractivity (Wildman–Crippen MR) is 123 cm³/mol. The fourth-order valence-corrected chi connectivity index (χ4v) is 4.81. The highest BCUT2D eigenvalue weighted by atomic mass is 127. The number of guanidine groups is 1. The van der Waals surface area contributed by atoms with Gasteiger partial charge in [0, 0.05) is 55.9 Å². The Labute approximate surface area is 181 Å². The number of nitrogens with zero attached hydrogens (tertiary/aromatic N) is 3. The summed E-state index contributed by atoms with van der Waals surface area (Å²) in [5, 5.41) is 10.2. The highest BCUT2D eigenvalue weighted by molar-refractivity contribution is 14.0. The van der Waals surface area contributed by atoms with Gasteiger partial charge in [-0.15, -0.1) is 46.7 Å². The summed E-state index contributed by atoms with van der Waals surface area (Å²) in [6, 6.07) is 2.27. The summed E-state index contributed by atoms with van der Waals surface area (Å²) in [6.45, 7) is 9.25. The maximum atomic E-state index is 4.58. The zero-order valence-electron chi connectivity index (χ0n) is 15.7. The molecule has 2 N–H and O–H groups in total. The van der Waals surface area contributed by atoms with Gasteiger partial charge in [-0.3, -0.25) is 9.89 Å². The Bertz CT molecular complexity index is 705. The van der Waals surface area contributed by atoms with Gasteiger partial charge in [0.2, 0.25) is 0 Å². The number of rotatable bonds is 6. The van der Waals surface area contributed by atoms with Gasteiger partial charge in [0.15, 0.2) is 5.96 Å². The molecule has 3 rings (SSSR count). The minimum Gasteiger partial charge on any atom is -0.356 e. The molecule has 0 fully saturated rings. The first-order chi connectivity index (χ1) is 12.2. The molecule has 0 bridgehead atoms. The van der Waals surface area contributed by atoms with Crippen molar-refractivity contribution >= 4 is 52.6 Å². The van der Waals surface area contributed by atoms with Crippen molar-refractivity contribution in [2.45, 2.75) is 33.2 Å². The van der Waals surface area contributed by atoms with Crippen LogP contribution in [0.5, 0.6) is 0 Å². The van der Waals surface area contributed by atoms with E-state index in [0.717, 1.165) is 50.8 Å². The van der Waals surface area contributed by atoms with Crippen LogP contribution in [-0.2, 0) is 19.4 Å². The molecule has 0 atom stereocenters. The van der Waals surface area contributed by atoms with Gasteiger partial charge in [0.1, 0.15) is 0 Å². The van der Waals surface area contributed by atoms with Gasteiger partial charge in [-0.05, 0) is 37.3 Å². The molecule has 0 amide bonds. The molecule has 5 nitrogen and oxygen atoms in total. The van der Waals surface area contributed by atoms with Crippen LogP contribution < -0.4 is 10.6 Å². The Morgan fingerprint density at radius 2 is 2.12 bits per heavy atom. The Hall–Kier alpha value is -0.710. The molecule has 144 valence electrons. The van der Waals surface area contributed by atoms with Gasteiger partial charge in [-0.25, -0.2) is 4.98 Å². The number of thiophene rings is 1. The van der Waals surface area contributed by atoms with Crippen LogP contribution >= 0.6 is 46.7 Å². The maximum absolute atomic E-state index is 4.58. The quantitative estimate of drug-likeness (QED) is 0.360. The molecule has 0 unspecified atom stereocenters. The zero-order valence-corrected chi connectivity index (χ0v) is 19.6. The minimum absolute atomic E-state index is 0. The number of aromatic nitrogens is 1. The lowest BCUT2D eigenvalue weighted by Crippen LogP contribution is -2.43. The van der Waals surface area contributed by atoms with Gasteiger partial charge < -0.3 is 10.6 Å². The highest BCUT2D eigenvalue weighted by Crippen LogP contribution is 2.23. The van der Waals surface area contributed by atoms with Crippen molar-refractivity contribution in [3.63, 3.8) is 0 Å². The highest BCUT2D eigenvalue weighted by Gasteiger charge is 2.16. The monoisotopic (exact) mass is 505 g/mol. The third-order valence-corrected chi connectivity index (χ3v) is 6.69. The molecule has 0 saturated heterocycles. The molecule has 8 heteroatoms. The number of hydrogen-bond acceptors (Lipinski definition) is 5. The van der Waals surface area contributed by atoms with Crippen LogP contribution in [0, 0.1) is 13.8 Å². The number of thiazole rings is 1. The van der Waals surface area contributed by atoms with Crippen molar-refractivity contribution in [3.8, 4) is 0 Å². The van der Waals surface area contributed by atoms with Gasteiger partial charge in [-0.2, -0.15) is 0 Å². The first-order valence-electron chi connectivity index (χ1n) is 8.80. The van der Waals surface area contributed by atoms with E-state index in [2.05, 4.69) is 50.8 Å². The van der Waals surface area contributed by atoms with Crippen LogP contribution in [0.3, 0.4) is 0 Å². The van der Waals surface area contributed by atoms with Crippen molar-refractivity contribution in [2.24, 2.45) is 4.99 Å². The van der Waals surface area contributed by atoms with Crippen molar-refractivity contribution < 1.29 is 0 Å². The van der Waals surface area contributed by atoms with E-state index in [4.69, 9.17) is 0 Å². The van der Waals surface area contributed by atoms with Crippen LogP contribution in [0.4, 0.5) is 0 Å². The summed E-state index contributed by atoms with van der Waals surface area (Å²) >= 11 is 3.68. The average molecular weight is 505 g/mol. The molecule has 1 aliphatic heterocycles. The number of fused-ring (bicyclic) bond motifs is 1. The fourth-order valence-electron chi connectivity index (χ4n) is 2.98. The first kappa shape index (κ1) is 21.6. The SMILES string of the molecule is CN=C(NCCc1nc(C)c(C)s1)NCCN1CCc2sccc2C1.I. The molecule has 0 radical (unpaired) electrons. The van der Waals surface area contributed by atoms with Crippen molar-refractivity contribution in [1.82, 2.24) is 20.5 Å². The molecule has 0 saturated carbocycles. The van der Waals surface area contributed by atoms with Crippen molar-refractivity contribution in [1.29, 1.82) is 0 Å². The number of halogens is 1. The van der Waals surface area contributed by atoms with E-state index in [0.29, 0.717) is 0 Å². The van der Waals surface area contributed by atoms with E-state index < -0.39 is 0 Å². The smallest absolute Gasteiger partial charge is 0.191 e. The van der Waals surface area contributed by atoms with E-state index in [-0.39, 0.29) is 24.0 Å². The second-order valence-corrected chi connectivity index (χ2v) is 8.61. The van der Waals surface area contributed by atoms with Crippen molar-refractivity contribution in [3.05, 3.63) is 37.5 Å². The summed E-state index contributed by atoms with van der Waals surface area (Å²) < 4.78 is 0. The molecule has 2 aromatic heterocycles. The second kappa shape index (κ2) is 10.6. The van der Waals surface area contributed by atoms with Crippen LogP contribution in [0.25, 0.3) is 0 Å². The van der Waals surface area contributed by atoms with Crippen LogP contribution in [0.2, 0.25) is 0 Å². The third-order valence-electron chi connectivity index (χ3n) is 4.53. The number of aliphatic imine (C=N–C) groups is 1. The molecule has 0 spiro atoms. The van der Waals surface area contributed by atoms with Gasteiger partial charge in [0.05, 0.1) is 10.7 Å². The summed E-state index contributed by atoms with van der Waals surface area (Å²) in [5.41, 5.74) is 2.66. The first-order valence-corrected chi connectivity index (χ1v) is 10.5. The van der Waals surface area contributed by atoms with Gasteiger partial charge >= 0.3 is 0 Å². The minimum atomic E-state index is 0. The fraction of sp³-hybridized carbons (Fsp3) is 0.556. The number of hydrogen-bond donors (Lipinski definition) is 2. The Morgan fingerprint density at radius 1 is 1.31 bits per heavy atom. The predicted octanol–water partition coefficient (Wildman–Crippen LogP) is 3.21. The lowest BCUT2D eigenvalue weighted by atomic mass is 10.1. The molecular formula is C18H28IN5S2. The standard InChI is InChI=1S/C18H27N5S2.HI/c1-13-14(2)25-17(22-13)4-7-20-18(19-3)21-8-10-23-9-5-16-15(12-23)6-11-24-16;/h6,11H,4-5,7-10,12H2,1-3H3,(H2,19,20,21);1H. The normalized spacial score (nSPS) is 14.7. The van der Waals surface area contributed by atoms with Crippen LogP contribution in [0.15, 0.2) is 16.4 Å². The molecule has 0 aromatic carbocycles. The lowest BCUT2D eigenvalue weighted by Gasteiger charge is -2.27. The average Bonchev–Trinajstić information content (AvgIpc) is 3.19. The van der Waals surface area contributed by atoms with E-state index in [1.165, 1.54) is 21.9 Å². The molecule has 0 aliphatic carbocycles. The van der Waals surface area contributed by atoms with Crippen LogP contribution in [-0.4, -0.2) is 49.1 Å². The number of nitrogens with one attached hydrogen (secondary N) is 2. The van der Waals surface area contributed by atoms with Gasteiger partial charge in [0.25, 0.3) is 0 Å². The number of aryl methyl sites for hydroxylation is 2. The van der Waals surface area contributed by atoms with E-state index in [1.54, 1.807) is 16.2 Å². The Kier molecular flexibility index (Phi) is 8.78. The molecule has 1 aliphatic rings. The zero-order chi connectivity index (χ0) is 17.6. The second-order valence-electron chi connectivity index (χ2n) is 6.32. The van der Waals surface area contributed by atoms with E-state index >= 15 is 0 Å². The summed E-state index contributed by atoms with van der Waals surface area (Å²) in [5.74, 6) is 0.873. The summed E-state index contributed by atoms with van der Waals surface area (Å²) in [4.78, 5) is 14.3. The Balaban J connectivity index is 0.00000243. The topological polar surface area (TPSA) is 52.6 Å². The van der Waals surface area contributed by atoms with E-state index in [9.17, 15) is 0 Å². The van der Waals surface area contributed by atoms with Gasteiger partial charge in [-0.1, -0.05) is 0 Å². The molecule has 3 heterocycles. The maximum Gasteiger partial charge on any atom is 0.191 e. The summed E-state index contributed by atoms with van der Waals surface area (Å²) in [7, 11) is 1.82. The lowest BCUT2D eigenvalue weighted by molar-refractivity contribution is 0.260. The molecule has 26 heavy (non-hydrogen) atoms. The van der Waals surface area contributed by atoms with Crippen LogP contribution in [0.1, 0.15) is 26.0 Å². The Morgan fingerprint density at radius 3 is 2.85 bits per heavy atom. The largest absolute Gasteiger partial charge is 0.356 e. The molecule has 2 aromatic rings.